The predicted molar refractivity (Wildman–Crippen MR) is 77.3 cm³/mol. The van der Waals surface area contributed by atoms with Gasteiger partial charge in [-0.1, -0.05) is 25.4 Å². The number of amides is 1. The number of carbonyl (C=O) groups is 1. The summed E-state index contributed by atoms with van der Waals surface area (Å²) in [5, 5.41) is 0.423. The molecule has 3 nitrogen and oxygen atoms in total. The van der Waals surface area contributed by atoms with Crippen LogP contribution >= 0.6 is 11.6 Å². The van der Waals surface area contributed by atoms with Gasteiger partial charge in [0.05, 0.1) is 5.56 Å². The molecule has 2 heterocycles. The molecule has 1 aliphatic rings. The largest absolute Gasteiger partial charge is 0.339 e. The van der Waals surface area contributed by atoms with Crippen molar-refractivity contribution in [1.82, 2.24) is 9.88 Å². The van der Waals surface area contributed by atoms with Crippen LogP contribution < -0.4 is 0 Å². The molecule has 2 rings (SSSR count). The standard InChI is InChI=1S/C15H21ClN2O/c1-11(2)9-12-5-7-18(8-6-12)15(19)13-3-4-14(16)17-10-13/h3-4,10-12H,5-9H2,1-2H3. The third kappa shape index (κ3) is 3.93. The Morgan fingerprint density at radius 2 is 2.11 bits per heavy atom. The molecule has 4 heteroatoms. The molecule has 0 atom stereocenters. The van der Waals surface area contributed by atoms with E-state index in [4.69, 9.17) is 11.6 Å². The van der Waals surface area contributed by atoms with E-state index in [1.54, 1.807) is 18.3 Å². The maximum Gasteiger partial charge on any atom is 0.255 e. The lowest BCUT2D eigenvalue weighted by molar-refractivity contribution is 0.0681. The van der Waals surface area contributed by atoms with Gasteiger partial charge < -0.3 is 4.90 Å². The summed E-state index contributed by atoms with van der Waals surface area (Å²) < 4.78 is 0. The van der Waals surface area contributed by atoms with Crippen LogP contribution in [0.25, 0.3) is 0 Å². The number of piperidine rings is 1. The highest BCUT2D eigenvalue weighted by Crippen LogP contribution is 2.24. The van der Waals surface area contributed by atoms with Crippen LogP contribution in [0.3, 0.4) is 0 Å². The van der Waals surface area contributed by atoms with Crippen molar-refractivity contribution in [3.63, 3.8) is 0 Å². The fraction of sp³-hybridized carbons (Fsp3) is 0.600. The number of nitrogens with zero attached hydrogens (tertiary/aromatic N) is 2. The number of aromatic nitrogens is 1. The van der Waals surface area contributed by atoms with Crippen LogP contribution in [-0.2, 0) is 0 Å². The minimum atomic E-state index is 0.0761. The SMILES string of the molecule is CC(C)CC1CCN(C(=O)c2ccc(Cl)nc2)CC1. The predicted octanol–water partition coefficient (Wildman–Crippen LogP) is 3.63. The second-order valence-corrected chi connectivity index (χ2v) is 6.12. The number of hydrogen-bond donors (Lipinski definition) is 0. The van der Waals surface area contributed by atoms with Crippen molar-refractivity contribution in [3.05, 3.63) is 29.0 Å². The topological polar surface area (TPSA) is 33.2 Å². The van der Waals surface area contributed by atoms with Crippen LogP contribution in [0.4, 0.5) is 0 Å². The first-order chi connectivity index (χ1) is 9.06. The average molecular weight is 281 g/mol. The van der Waals surface area contributed by atoms with Gasteiger partial charge in [-0.15, -0.1) is 0 Å². The molecule has 1 saturated heterocycles. The molecule has 0 unspecified atom stereocenters. The zero-order chi connectivity index (χ0) is 13.8. The molecule has 1 aromatic heterocycles. The van der Waals surface area contributed by atoms with Crippen LogP contribution in [-0.4, -0.2) is 28.9 Å². The van der Waals surface area contributed by atoms with Crippen molar-refractivity contribution < 1.29 is 4.79 Å². The van der Waals surface area contributed by atoms with E-state index in [1.807, 2.05) is 4.90 Å². The Labute approximate surface area is 120 Å². The molecule has 0 bridgehead atoms. The minimum absolute atomic E-state index is 0.0761. The van der Waals surface area contributed by atoms with Crippen molar-refractivity contribution in [2.45, 2.75) is 33.1 Å². The Kier molecular flexibility index (Phi) is 4.81. The van der Waals surface area contributed by atoms with E-state index in [0.717, 1.165) is 37.8 Å². The molecule has 1 fully saturated rings. The Morgan fingerprint density at radius 3 is 2.63 bits per heavy atom. The summed E-state index contributed by atoms with van der Waals surface area (Å²) in [5.74, 6) is 1.59. The van der Waals surface area contributed by atoms with Crippen molar-refractivity contribution in [3.8, 4) is 0 Å². The molecule has 19 heavy (non-hydrogen) atoms. The number of likely N-dealkylation sites (tertiary alicyclic amines) is 1. The van der Waals surface area contributed by atoms with Gasteiger partial charge in [0.1, 0.15) is 5.15 Å². The monoisotopic (exact) mass is 280 g/mol. The Balaban J connectivity index is 1.90. The highest BCUT2D eigenvalue weighted by Gasteiger charge is 2.24. The smallest absolute Gasteiger partial charge is 0.255 e. The van der Waals surface area contributed by atoms with E-state index < -0.39 is 0 Å². The third-order valence-corrected chi connectivity index (χ3v) is 3.90. The molecule has 1 aliphatic heterocycles. The van der Waals surface area contributed by atoms with Gasteiger partial charge in [0.25, 0.3) is 5.91 Å². The van der Waals surface area contributed by atoms with Gasteiger partial charge in [0.2, 0.25) is 0 Å². The van der Waals surface area contributed by atoms with E-state index in [1.165, 1.54) is 6.42 Å². The van der Waals surface area contributed by atoms with Crippen molar-refractivity contribution in [2.24, 2.45) is 11.8 Å². The van der Waals surface area contributed by atoms with E-state index in [2.05, 4.69) is 18.8 Å². The zero-order valence-electron chi connectivity index (χ0n) is 11.6. The number of pyridine rings is 1. The van der Waals surface area contributed by atoms with Crippen LogP contribution in [0.1, 0.15) is 43.5 Å². The molecule has 1 aromatic rings. The number of rotatable bonds is 3. The van der Waals surface area contributed by atoms with Crippen LogP contribution in [0.15, 0.2) is 18.3 Å². The molecule has 0 spiro atoms. The van der Waals surface area contributed by atoms with Gasteiger partial charge in [0.15, 0.2) is 0 Å². The lowest BCUT2D eigenvalue weighted by atomic mass is 9.88. The van der Waals surface area contributed by atoms with Gasteiger partial charge >= 0.3 is 0 Å². The Morgan fingerprint density at radius 1 is 1.42 bits per heavy atom. The molecule has 104 valence electrons. The summed E-state index contributed by atoms with van der Waals surface area (Å²) in [6.45, 7) is 6.24. The summed E-state index contributed by atoms with van der Waals surface area (Å²) in [6, 6.07) is 3.41. The van der Waals surface area contributed by atoms with Gasteiger partial charge in [0, 0.05) is 19.3 Å². The molecular formula is C15H21ClN2O. The molecule has 0 N–H and O–H groups in total. The quantitative estimate of drug-likeness (QED) is 0.792. The molecule has 0 aromatic carbocycles. The summed E-state index contributed by atoms with van der Waals surface area (Å²) in [7, 11) is 0. The van der Waals surface area contributed by atoms with E-state index in [-0.39, 0.29) is 5.91 Å². The summed E-state index contributed by atoms with van der Waals surface area (Å²) >= 11 is 5.73. The first kappa shape index (κ1) is 14.3. The normalized spacial score (nSPS) is 16.9. The lowest BCUT2D eigenvalue weighted by Crippen LogP contribution is -2.38. The zero-order valence-corrected chi connectivity index (χ0v) is 12.4. The minimum Gasteiger partial charge on any atom is -0.339 e. The molecule has 1 amide bonds. The van der Waals surface area contributed by atoms with E-state index in [9.17, 15) is 4.79 Å². The fourth-order valence-corrected chi connectivity index (χ4v) is 2.84. The summed E-state index contributed by atoms with van der Waals surface area (Å²) in [6.07, 6.45) is 5.06. The second kappa shape index (κ2) is 6.38. The van der Waals surface area contributed by atoms with Crippen molar-refractivity contribution >= 4 is 17.5 Å². The third-order valence-electron chi connectivity index (χ3n) is 3.68. The molecule has 0 saturated carbocycles. The van der Waals surface area contributed by atoms with Crippen molar-refractivity contribution in [2.75, 3.05) is 13.1 Å². The second-order valence-electron chi connectivity index (χ2n) is 5.73. The number of carbonyl (C=O) groups excluding carboxylic acids is 1. The summed E-state index contributed by atoms with van der Waals surface area (Å²) in [5.41, 5.74) is 0.631. The van der Waals surface area contributed by atoms with Gasteiger partial charge in [-0.3, -0.25) is 4.79 Å². The van der Waals surface area contributed by atoms with E-state index in [0.29, 0.717) is 10.7 Å². The molecular weight excluding hydrogens is 260 g/mol. The molecule has 0 aliphatic carbocycles. The number of halogens is 1. The lowest BCUT2D eigenvalue weighted by Gasteiger charge is -2.32. The first-order valence-electron chi connectivity index (χ1n) is 6.97. The van der Waals surface area contributed by atoms with Crippen LogP contribution in [0.5, 0.6) is 0 Å². The highest BCUT2D eigenvalue weighted by atomic mass is 35.5. The Bertz CT molecular complexity index is 422. The first-order valence-corrected chi connectivity index (χ1v) is 7.35. The average Bonchev–Trinajstić information content (AvgIpc) is 2.39. The van der Waals surface area contributed by atoms with Gasteiger partial charge in [-0.25, -0.2) is 4.98 Å². The summed E-state index contributed by atoms with van der Waals surface area (Å²) in [4.78, 5) is 18.2. The fourth-order valence-electron chi connectivity index (χ4n) is 2.72. The van der Waals surface area contributed by atoms with Gasteiger partial charge in [-0.2, -0.15) is 0 Å². The number of hydrogen-bond acceptors (Lipinski definition) is 2. The maximum atomic E-state index is 12.3. The van der Waals surface area contributed by atoms with Crippen LogP contribution in [0.2, 0.25) is 5.15 Å². The highest BCUT2D eigenvalue weighted by molar-refractivity contribution is 6.29. The Hall–Kier alpha value is -1.09. The van der Waals surface area contributed by atoms with Crippen molar-refractivity contribution in [1.29, 1.82) is 0 Å². The maximum absolute atomic E-state index is 12.3. The van der Waals surface area contributed by atoms with Crippen LogP contribution in [0, 0.1) is 11.8 Å². The van der Waals surface area contributed by atoms with Gasteiger partial charge in [-0.05, 0) is 43.2 Å². The molecule has 0 radical (unpaired) electrons. The van der Waals surface area contributed by atoms with E-state index >= 15 is 0 Å².